The number of rotatable bonds is 10. The third kappa shape index (κ3) is 5.10. The van der Waals surface area contributed by atoms with Gasteiger partial charge in [0.15, 0.2) is 0 Å². The third-order valence-electron chi connectivity index (χ3n) is 4.95. The van der Waals surface area contributed by atoms with E-state index in [-0.39, 0.29) is 11.5 Å². The summed E-state index contributed by atoms with van der Waals surface area (Å²) < 4.78 is 2.05. The second-order valence-corrected chi connectivity index (χ2v) is 8.96. The Hall–Kier alpha value is -2.19. The zero-order valence-corrected chi connectivity index (χ0v) is 19.2. The summed E-state index contributed by atoms with van der Waals surface area (Å²) in [6, 6.07) is 5.42. The normalized spacial score (nSPS) is 15.5. The molecule has 0 unspecified atom stereocenters. The molecule has 0 atom stereocenters. The highest BCUT2D eigenvalue weighted by atomic mass is 32.2. The highest BCUT2D eigenvalue weighted by molar-refractivity contribution is 8.26. The van der Waals surface area contributed by atoms with Crippen LogP contribution in [0.5, 0.6) is 0 Å². The Morgan fingerprint density at radius 1 is 1.13 bits per heavy atom. The van der Waals surface area contributed by atoms with Gasteiger partial charge in [0.2, 0.25) is 0 Å². The van der Waals surface area contributed by atoms with Gasteiger partial charge in [0.05, 0.1) is 10.5 Å². The molecular weight excluding hydrogens is 416 g/mol. The number of nitrogens with zero attached hydrogens (tertiary/aromatic N) is 3. The zero-order chi connectivity index (χ0) is 21.5. The number of amides is 1. The maximum absolute atomic E-state index is 13.1. The maximum atomic E-state index is 13.1. The van der Waals surface area contributed by atoms with Crippen molar-refractivity contribution in [3.05, 3.63) is 45.2 Å². The first kappa shape index (κ1) is 22.5. The van der Waals surface area contributed by atoms with Crippen molar-refractivity contribution in [1.82, 2.24) is 14.3 Å². The molecule has 1 N–H and O–H groups in total. The van der Waals surface area contributed by atoms with Crippen LogP contribution < -0.4 is 10.9 Å². The molecule has 0 bridgehead atoms. The van der Waals surface area contributed by atoms with Crippen molar-refractivity contribution in [3.8, 4) is 0 Å². The van der Waals surface area contributed by atoms with Crippen molar-refractivity contribution >= 4 is 51.7 Å². The van der Waals surface area contributed by atoms with Crippen LogP contribution in [-0.2, 0) is 4.79 Å². The lowest BCUT2D eigenvalue weighted by atomic mass is 10.1. The standard InChI is InChI=1S/C22H28N4O2S2/c1-3-5-6-7-9-14-26-21(28)17(30-22(26)29)15-16-19(23-12-4-2)24-18-11-8-10-13-25(18)20(16)27/h8,10-11,13,15,23H,3-7,9,12,14H2,1-2H3. The molecule has 8 heteroatoms. The summed E-state index contributed by atoms with van der Waals surface area (Å²) in [5.74, 6) is 0.373. The number of pyridine rings is 1. The minimum atomic E-state index is -0.205. The van der Waals surface area contributed by atoms with Crippen LogP contribution in [0.2, 0.25) is 0 Å². The highest BCUT2D eigenvalue weighted by Gasteiger charge is 2.32. The van der Waals surface area contributed by atoms with Gasteiger partial charge in [-0.3, -0.25) is 18.9 Å². The van der Waals surface area contributed by atoms with Crippen molar-refractivity contribution in [2.24, 2.45) is 0 Å². The number of thiocarbonyl (C=S) groups is 1. The molecule has 6 nitrogen and oxygen atoms in total. The number of thioether (sulfide) groups is 1. The molecule has 0 saturated carbocycles. The van der Waals surface area contributed by atoms with Gasteiger partial charge in [-0.15, -0.1) is 0 Å². The summed E-state index contributed by atoms with van der Waals surface area (Å²) in [4.78, 5) is 32.8. The fourth-order valence-electron chi connectivity index (χ4n) is 3.31. The Morgan fingerprint density at radius 3 is 2.70 bits per heavy atom. The molecule has 1 saturated heterocycles. The highest BCUT2D eigenvalue weighted by Crippen LogP contribution is 2.33. The van der Waals surface area contributed by atoms with Crippen molar-refractivity contribution in [1.29, 1.82) is 0 Å². The number of anilines is 1. The number of carbonyl (C=O) groups excluding carboxylic acids is 1. The minimum Gasteiger partial charge on any atom is -0.369 e. The van der Waals surface area contributed by atoms with Crippen molar-refractivity contribution in [2.45, 2.75) is 52.4 Å². The van der Waals surface area contributed by atoms with Crippen LogP contribution in [0.1, 0.15) is 57.9 Å². The molecule has 3 rings (SSSR count). The molecule has 3 heterocycles. The molecule has 1 aliphatic heterocycles. The van der Waals surface area contributed by atoms with Crippen LogP contribution in [0, 0.1) is 0 Å². The minimum absolute atomic E-state index is 0.125. The predicted octanol–water partition coefficient (Wildman–Crippen LogP) is 4.69. The molecule has 0 spiro atoms. The summed E-state index contributed by atoms with van der Waals surface area (Å²) in [5.41, 5.74) is 0.748. The quantitative estimate of drug-likeness (QED) is 0.326. The number of hydrogen-bond acceptors (Lipinski definition) is 6. The molecule has 1 amide bonds. The van der Waals surface area contributed by atoms with Gasteiger partial charge in [0.25, 0.3) is 11.5 Å². The van der Waals surface area contributed by atoms with Crippen molar-refractivity contribution < 1.29 is 4.79 Å². The van der Waals surface area contributed by atoms with Crippen LogP contribution in [0.15, 0.2) is 34.1 Å². The van der Waals surface area contributed by atoms with Crippen LogP contribution >= 0.6 is 24.0 Å². The van der Waals surface area contributed by atoms with E-state index in [0.29, 0.717) is 39.3 Å². The zero-order valence-electron chi connectivity index (χ0n) is 17.5. The SMILES string of the molecule is CCCCCCCN1C(=O)C(=Cc2c(NCCC)nc3ccccn3c2=O)SC1=S. The molecule has 30 heavy (non-hydrogen) atoms. The van der Waals surface area contributed by atoms with Gasteiger partial charge >= 0.3 is 0 Å². The van der Waals surface area contributed by atoms with Crippen molar-refractivity contribution in [3.63, 3.8) is 0 Å². The second kappa shape index (κ2) is 10.7. The largest absolute Gasteiger partial charge is 0.369 e. The molecule has 2 aromatic heterocycles. The summed E-state index contributed by atoms with van der Waals surface area (Å²) >= 11 is 6.69. The van der Waals surface area contributed by atoms with Gasteiger partial charge in [-0.25, -0.2) is 4.98 Å². The van der Waals surface area contributed by atoms with Gasteiger partial charge < -0.3 is 5.32 Å². The first-order valence-corrected chi connectivity index (χ1v) is 11.8. The Morgan fingerprint density at radius 2 is 1.93 bits per heavy atom. The van der Waals surface area contributed by atoms with E-state index in [9.17, 15) is 9.59 Å². The van der Waals surface area contributed by atoms with Gasteiger partial charge in [-0.2, -0.15) is 0 Å². The molecule has 160 valence electrons. The van der Waals surface area contributed by atoms with E-state index in [1.165, 1.54) is 35.4 Å². The van der Waals surface area contributed by atoms with Crippen LogP contribution in [0.25, 0.3) is 11.7 Å². The average Bonchev–Trinajstić information content (AvgIpc) is 3.01. The van der Waals surface area contributed by atoms with E-state index in [4.69, 9.17) is 12.2 Å². The first-order chi connectivity index (χ1) is 14.6. The average molecular weight is 445 g/mol. The lowest BCUT2D eigenvalue weighted by molar-refractivity contribution is -0.122. The van der Waals surface area contributed by atoms with E-state index in [2.05, 4.69) is 17.2 Å². The third-order valence-corrected chi connectivity index (χ3v) is 6.32. The fourth-order valence-corrected chi connectivity index (χ4v) is 4.60. The van der Waals surface area contributed by atoms with Gasteiger partial charge in [0.1, 0.15) is 15.8 Å². The molecule has 0 aromatic carbocycles. The molecular formula is C22H28N4O2S2. The Labute approximate surface area is 186 Å². The van der Waals surface area contributed by atoms with Gasteiger partial charge in [-0.1, -0.05) is 69.6 Å². The van der Waals surface area contributed by atoms with E-state index in [0.717, 1.165) is 19.3 Å². The van der Waals surface area contributed by atoms with E-state index >= 15 is 0 Å². The topological polar surface area (TPSA) is 66.7 Å². The Balaban J connectivity index is 1.88. The summed E-state index contributed by atoms with van der Waals surface area (Å²) in [7, 11) is 0. The van der Waals surface area contributed by atoms with Gasteiger partial charge in [-0.05, 0) is 31.1 Å². The number of carbonyl (C=O) groups is 1. The number of aromatic nitrogens is 2. The Bertz CT molecular complexity index is 1020. The molecule has 0 aliphatic carbocycles. The lowest BCUT2D eigenvalue weighted by Gasteiger charge is -2.14. The number of hydrogen-bond donors (Lipinski definition) is 1. The van der Waals surface area contributed by atoms with Crippen LogP contribution in [0.4, 0.5) is 5.82 Å². The summed E-state index contributed by atoms with van der Waals surface area (Å²) in [5, 5.41) is 3.22. The van der Waals surface area contributed by atoms with E-state index in [1.807, 2.05) is 13.0 Å². The monoisotopic (exact) mass is 444 g/mol. The summed E-state index contributed by atoms with van der Waals surface area (Å²) in [6.07, 6.45) is 9.82. The maximum Gasteiger partial charge on any atom is 0.267 e. The van der Waals surface area contributed by atoms with Crippen molar-refractivity contribution in [2.75, 3.05) is 18.4 Å². The molecule has 0 radical (unpaired) electrons. The lowest BCUT2D eigenvalue weighted by Crippen LogP contribution is -2.29. The first-order valence-electron chi connectivity index (χ1n) is 10.6. The summed E-state index contributed by atoms with van der Waals surface area (Å²) in [6.45, 7) is 5.55. The number of unbranched alkanes of at least 4 members (excludes halogenated alkanes) is 4. The predicted molar refractivity (Wildman–Crippen MR) is 129 cm³/mol. The fraction of sp³-hybridized carbons (Fsp3) is 0.455. The van der Waals surface area contributed by atoms with E-state index in [1.54, 1.807) is 29.3 Å². The smallest absolute Gasteiger partial charge is 0.267 e. The van der Waals surface area contributed by atoms with Crippen LogP contribution in [-0.4, -0.2) is 37.6 Å². The molecule has 2 aromatic rings. The molecule has 1 fully saturated rings. The Kier molecular flexibility index (Phi) is 8.04. The number of nitrogens with one attached hydrogen (secondary N) is 1. The molecule has 1 aliphatic rings. The van der Waals surface area contributed by atoms with Gasteiger partial charge in [0, 0.05) is 19.3 Å². The second-order valence-electron chi connectivity index (χ2n) is 7.28. The van der Waals surface area contributed by atoms with Crippen LogP contribution in [0.3, 0.4) is 0 Å². The number of fused-ring (bicyclic) bond motifs is 1. The van der Waals surface area contributed by atoms with E-state index < -0.39 is 0 Å².